The summed E-state index contributed by atoms with van der Waals surface area (Å²) in [6.45, 7) is 5.27. The molecule has 4 heteroatoms. The van der Waals surface area contributed by atoms with Gasteiger partial charge in [0.2, 0.25) is 0 Å². The fraction of sp³-hybridized carbons (Fsp3) is 0.353. The predicted octanol–water partition coefficient (Wildman–Crippen LogP) is 2.80. The summed E-state index contributed by atoms with van der Waals surface area (Å²) in [6.07, 6.45) is 0. The third-order valence-corrected chi connectivity index (χ3v) is 3.65. The number of benzene rings is 1. The number of para-hydroxylation sites is 1. The van der Waals surface area contributed by atoms with Gasteiger partial charge >= 0.3 is 0 Å². The van der Waals surface area contributed by atoms with Gasteiger partial charge in [-0.05, 0) is 26.0 Å². The minimum Gasteiger partial charge on any atom is -0.496 e. The van der Waals surface area contributed by atoms with E-state index in [4.69, 9.17) is 10.5 Å². The van der Waals surface area contributed by atoms with E-state index in [0.29, 0.717) is 6.54 Å². The van der Waals surface area contributed by atoms with Crippen molar-refractivity contribution in [1.82, 2.24) is 4.98 Å². The van der Waals surface area contributed by atoms with E-state index in [1.165, 1.54) is 0 Å². The zero-order chi connectivity index (χ0) is 15.4. The molecule has 0 bridgehead atoms. The van der Waals surface area contributed by atoms with Gasteiger partial charge in [0.1, 0.15) is 5.75 Å². The van der Waals surface area contributed by atoms with E-state index < -0.39 is 0 Å². The standard InChI is InChI=1S/C17H23N3O/c1-12-9-16(15(10-18)13(2)19-12)20(3)11-14-7-5-6-8-17(14)21-4/h5-9H,10-11,18H2,1-4H3. The van der Waals surface area contributed by atoms with Gasteiger partial charge in [-0.3, -0.25) is 4.98 Å². The van der Waals surface area contributed by atoms with Crippen LogP contribution in [-0.2, 0) is 13.1 Å². The van der Waals surface area contributed by atoms with E-state index in [0.717, 1.165) is 40.5 Å². The Bertz CT molecular complexity index is 625. The number of nitrogens with two attached hydrogens (primary N) is 1. The van der Waals surface area contributed by atoms with Crippen LogP contribution in [0.3, 0.4) is 0 Å². The van der Waals surface area contributed by atoms with Crippen LogP contribution in [0.15, 0.2) is 30.3 Å². The summed E-state index contributed by atoms with van der Waals surface area (Å²) >= 11 is 0. The lowest BCUT2D eigenvalue weighted by atomic mass is 10.1. The zero-order valence-corrected chi connectivity index (χ0v) is 13.2. The highest BCUT2D eigenvalue weighted by Gasteiger charge is 2.13. The van der Waals surface area contributed by atoms with Crippen molar-refractivity contribution >= 4 is 5.69 Å². The minimum atomic E-state index is 0.491. The highest BCUT2D eigenvalue weighted by molar-refractivity contribution is 5.56. The van der Waals surface area contributed by atoms with Crippen molar-refractivity contribution in [2.75, 3.05) is 19.1 Å². The van der Waals surface area contributed by atoms with Gasteiger partial charge in [-0.25, -0.2) is 0 Å². The van der Waals surface area contributed by atoms with Crippen LogP contribution >= 0.6 is 0 Å². The molecule has 0 aliphatic heterocycles. The summed E-state index contributed by atoms with van der Waals surface area (Å²) in [5.41, 5.74) is 11.3. The lowest BCUT2D eigenvalue weighted by Crippen LogP contribution is -2.20. The summed E-state index contributed by atoms with van der Waals surface area (Å²) in [7, 11) is 3.77. The van der Waals surface area contributed by atoms with Gasteiger partial charge in [0.25, 0.3) is 0 Å². The van der Waals surface area contributed by atoms with Gasteiger partial charge in [0, 0.05) is 48.3 Å². The molecule has 112 valence electrons. The van der Waals surface area contributed by atoms with E-state index in [1.807, 2.05) is 32.0 Å². The van der Waals surface area contributed by atoms with Gasteiger partial charge < -0.3 is 15.4 Å². The van der Waals surface area contributed by atoms with E-state index in [9.17, 15) is 0 Å². The molecule has 0 aliphatic rings. The monoisotopic (exact) mass is 285 g/mol. The Morgan fingerprint density at radius 2 is 1.95 bits per heavy atom. The topological polar surface area (TPSA) is 51.4 Å². The van der Waals surface area contributed by atoms with Crippen molar-refractivity contribution in [3.05, 3.63) is 52.8 Å². The van der Waals surface area contributed by atoms with Crippen molar-refractivity contribution in [2.45, 2.75) is 26.9 Å². The Balaban J connectivity index is 2.34. The van der Waals surface area contributed by atoms with Crippen LogP contribution in [0, 0.1) is 13.8 Å². The molecule has 1 heterocycles. The highest BCUT2D eigenvalue weighted by Crippen LogP contribution is 2.26. The van der Waals surface area contributed by atoms with Crippen LogP contribution in [0.25, 0.3) is 0 Å². The highest BCUT2D eigenvalue weighted by atomic mass is 16.5. The molecule has 0 spiro atoms. The fourth-order valence-electron chi connectivity index (χ4n) is 2.60. The number of anilines is 1. The number of pyridine rings is 1. The Kier molecular flexibility index (Phi) is 4.81. The van der Waals surface area contributed by atoms with Gasteiger partial charge in [-0.15, -0.1) is 0 Å². The average molecular weight is 285 g/mol. The minimum absolute atomic E-state index is 0.491. The molecule has 0 amide bonds. The molecule has 2 aromatic rings. The second-order valence-corrected chi connectivity index (χ2v) is 5.22. The molecule has 0 radical (unpaired) electrons. The number of aryl methyl sites for hydroxylation is 2. The summed E-state index contributed by atoms with van der Waals surface area (Å²) in [4.78, 5) is 6.69. The van der Waals surface area contributed by atoms with Gasteiger partial charge in [0.05, 0.1) is 7.11 Å². The average Bonchev–Trinajstić information content (AvgIpc) is 2.47. The smallest absolute Gasteiger partial charge is 0.123 e. The molecule has 0 unspecified atom stereocenters. The molecule has 4 nitrogen and oxygen atoms in total. The predicted molar refractivity (Wildman–Crippen MR) is 86.7 cm³/mol. The maximum Gasteiger partial charge on any atom is 0.123 e. The fourth-order valence-corrected chi connectivity index (χ4v) is 2.60. The number of hydrogen-bond donors (Lipinski definition) is 1. The zero-order valence-electron chi connectivity index (χ0n) is 13.2. The lowest BCUT2D eigenvalue weighted by Gasteiger charge is -2.24. The summed E-state index contributed by atoms with van der Waals surface area (Å²) in [5, 5.41) is 0. The second-order valence-electron chi connectivity index (χ2n) is 5.22. The van der Waals surface area contributed by atoms with Gasteiger partial charge in [0.15, 0.2) is 0 Å². The number of ether oxygens (including phenoxy) is 1. The van der Waals surface area contributed by atoms with E-state index >= 15 is 0 Å². The molecule has 0 fully saturated rings. The molecular formula is C17H23N3O. The Morgan fingerprint density at radius 3 is 2.62 bits per heavy atom. The van der Waals surface area contributed by atoms with Crippen LogP contribution in [0.4, 0.5) is 5.69 Å². The first kappa shape index (κ1) is 15.3. The SMILES string of the molecule is COc1ccccc1CN(C)c1cc(C)nc(C)c1CN. The first-order valence-corrected chi connectivity index (χ1v) is 7.07. The van der Waals surface area contributed by atoms with Crippen LogP contribution < -0.4 is 15.4 Å². The molecular weight excluding hydrogens is 262 g/mol. The molecule has 0 saturated heterocycles. The van der Waals surface area contributed by atoms with Crippen molar-refractivity contribution in [3.63, 3.8) is 0 Å². The number of methoxy groups -OCH3 is 1. The maximum absolute atomic E-state index is 5.90. The van der Waals surface area contributed by atoms with Crippen molar-refractivity contribution in [3.8, 4) is 5.75 Å². The Morgan fingerprint density at radius 1 is 1.24 bits per heavy atom. The summed E-state index contributed by atoms with van der Waals surface area (Å²) in [6, 6.07) is 10.2. The Labute approximate surface area is 126 Å². The second kappa shape index (κ2) is 6.59. The molecule has 2 N–H and O–H groups in total. The summed E-state index contributed by atoms with van der Waals surface area (Å²) < 4.78 is 5.42. The molecule has 1 aromatic carbocycles. The van der Waals surface area contributed by atoms with E-state index in [2.05, 4.69) is 29.1 Å². The third kappa shape index (κ3) is 3.34. The van der Waals surface area contributed by atoms with Crippen LogP contribution in [0.1, 0.15) is 22.5 Å². The Hall–Kier alpha value is -2.07. The quantitative estimate of drug-likeness (QED) is 0.918. The molecule has 1 aromatic heterocycles. The molecule has 0 atom stereocenters. The largest absolute Gasteiger partial charge is 0.496 e. The van der Waals surface area contributed by atoms with Crippen molar-refractivity contribution in [1.29, 1.82) is 0 Å². The molecule has 2 rings (SSSR count). The van der Waals surface area contributed by atoms with Crippen LogP contribution in [-0.4, -0.2) is 19.1 Å². The normalized spacial score (nSPS) is 10.5. The lowest BCUT2D eigenvalue weighted by molar-refractivity contribution is 0.409. The van der Waals surface area contributed by atoms with Gasteiger partial charge in [-0.1, -0.05) is 18.2 Å². The third-order valence-electron chi connectivity index (χ3n) is 3.65. The first-order chi connectivity index (χ1) is 10.1. The number of nitrogens with zero attached hydrogens (tertiary/aromatic N) is 2. The maximum atomic E-state index is 5.90. The number of hydrogen-bond acceptors (Lipinski definition) is 4. The van der Waals surface area contributed by atoms with Crippen LogP contribution in [0.2, 0.25) is 0 Å². The van der Waals surface area contributed by atoms with Crippen LogP contribution in [0.5, 0.6) is 5.75 Å². The van der Waals surface area contributed by atoms with Gasteiger partial charge in [-0.2, -0.15) is 0 Å². The number of rotatable bonds is 5. The molecule has 0 saturated carbocycles. The van der Waals surface area contributed by atoms with Crippen molar-refractivity contribution < 1.29 is 4.74 Å². The summed E-state index contributed by atoms with van der Waals surface area (Å²) in [5.74, 6) is 0.904. The molecule has 21 heavy (non-hydrogen) atoms. The van der Waals surface area contributed by atoms with E-state index in [1.54, 1.807) is 7.11 Å². The first-order valence-electron chi connectivity index (χ1n) is 7.07. The van der Waals surface area contributed by atoms with E-state index in [-0.39, 0.29) is 0 Å². The molecule has 0 aliphatic carbocycles. The van der Waals surface area contributed by atoms with Crippen molar-refractivity contribution in [2.24, 2.45) is 5.73 Å². The number of aromatic nitrogens is 1.